The van der Waals surface area contributed by atoms with Gasteiger partial charge >= 0.3 is 0 Å². The second-order valence-corrected chi connectivity index (χ2v) is 3.52. The summed E-state index contributed by atoms with van der Waals surface area (Å²) in [6.45, 7) is 0. The highest BCUT2D eigenvalue weighted by Gasteiger charge is 2.03. The summed E-state index contributed by atoms with van der Waals surface area (Å²) in [6, 6.07) is 4.93. The van der Waals surface area contributed by atoms with Gasteiger partial charge in [0.1, 0.15) is 0 Å². The predicted octanol–water partition coefficient (Wildman–Crippen LogP) is 1.59. The highest BCUT2D eigenvalue weighted by molar-refractivity contribution is 9.10. The number of rotatable bonds is 1. The summed E-state index contributed by atoms with van der Waals surface area (Å²) in [5.41, 5.74) is 1.40. The number of hydrogen-bond donors (Lipinski definition) is 1. The van der Waals surface area contributed by atoms with E-state index in [-0.39, 0.29) is 5.56 Å². The molecule has 4 nitrogen and oxygen atoms in total. The van der Waals surface area contributed by atoms with Crippen LogP contribution < -0.4 is 5.56 Å². The molecular weight excluding hydrogens is 246 g/mol. The van der Waals surface area contributed by atoms with Crippen molar-refractivity contribution in [3.8, 4) is 11.3 Å². The molecular formula is C9H6BrN3O. The molecule has 5 heteroatoms. The van der Waals surface area contributed by atoms with Gasteiger partial charge in [0.25, 0.3) is 5.56 Å². The Morgan fingerprint density at radius 3 is 2.79 bits per heavy atom. The van der Waals surface area contributed by atoms with Gasteiger partial charge in [0.2, 0.25) is 0 Å². The lowest BCUT2D eigenvalue weighted by Gasteiger charge is -2.00. The molecule has 14 heavy (non-hydrogen) atoms. The molecule has 0 atom stereocenters. The number of H-pyrrole nitrogens is 1. The zero-order valence-electron chi connectivity index (χ0n) is 7.07. The van der Waals surface area contributed by atoms with Gasteiger partial charge in [-0.3, -0.25) is 9.78 Å². The topological polar surface area (TPSA) is 58.6 Å². The molecule has 0 saturated carbocycles. The fourth-order valence-electron chi connectivity index (χ4n) is 1.08. The van der Waals surface area contributed by atoms with Crippen molar-refractivity contribution < 1.29 is 0 Å². The van der Waals surface area contributed by atoms with E-state index >= 15 is 0 Å². The van der Waals surface area contributed by atoms with Gasteiger partial charge in [-0.05, 0) is 28.1 Å². The second kappa shape index (κ2) is 3.71. The summed E-state index contributed by atoms with van der Waals surface area (Å²) in [6.07, 6.45) is 3.36. The summed E-state index contributed by atoms with van der Waals surface area (Å²) in [5.74, 6) is 0. The van der Waals surface area contributed by atoms with Crippen LogP contribution in [-0.2, 0) is 0 Å². The third-order valence-corrected chi connectivity index (χ3v) is 2.36. The number of pyridine rings is 1. The zero-order valence-corrected chi connectivity index (χ0v) is 8.65. The molecule has 1 N–H and O–H groups in total. The molecule has 0 spiro atoms. The Kier molecular flexibility index (Phi) is 2.41. The van der Waals surface area contributed by atoms with Gasteiger partial charge in [-0.25, -0.2) is 5.10 Å². The average molecular weight is 252 g/mol. The van der Waals surface area contributed by atoms with E-state index in [1.54, 1.807) is 18.5 Å². The second-order valence-electron chi connectivity index (χ2n) is 2.66. The van der Waals surface area contributed by atoms with Gasteiger partial charge < -0.3 is 0 Å². The smallest absolute Gasteiger partial charge is 0.264 e. The van der Waals surface area contributed by atoms with Crippen LogP contribution in [0.1, 0.15) is 0 Å². The first kappa shape index (κ1) is 9.08. The molecule has 0 saturated heterocycles. The predicted molar refractivity (Wildman–Crippen MR) is 55.8 cm³/mol. The molecule has 0 aliphatic carbocycles. The Morgan fingerprint density at radius 2 is 2.14 bits per heavy atom. The summed E-state index contributed by atoms with van der Waals surface area (Å²) >= 11 is 3.36. The molecule has 70 valence electrons. The average Bonchev–Trinajstić information content (AvgIpc) is 2.20. The monoisotopic (exact) mass is 251 g/mol. The molecule has 0 aliphatic rings. The van der Waals surface area contributed by atoms with Gasteiger partial charge in [-0.15, -0.1) is 0 Å². The van der Waals surface area contributed by atoms with E-state index in [1.165, 1.54) is 6.07 Å². The lowest BCUT2D eigenvalue weighted by molar-refractivity contribution is 0.994. The van der Waals surface area contributed by atoms with Crippen LogP contribution in [0.15, 0.2) is 39.9 Å². The van der Waals surface area contributed by atoms with Crippen molar-refractivity contribution in [1.82, 2.24) is 15.2 Å². The fraction of sp³-hybridized carbons (Fsp3) is 0. The van der Waals surface area contributed by atoms with Gasteiger partial charge in [0, 0.05) is 28.5 Å². The van der Waals surface area contributed by atoms with Crippen LogP contribution in [0.4, 0.5) is 0 Å². The number of aromatic nitrogens is 3. The number of nitrogens with one attached hydrogen (secondary N) is 1. The summed E-state index contributed by atoms with van der Waals surface area (Å²) in [7, 11) is 0. The van der Waals surface area contributed by atoms with Crippen LogP contribution in [0.3, 0.4) is 0 Å². The van der Waals surface area contributed by atoms with Crippen LogP contribution in [0.25, 0.3) is 11.3 Å². The molecule has 2 heterocycles. The van der Waals surface area contributed by atoms with Crippen molar-refractivity contribution in [3.63, 3.8) is 0 Å². The van der Waals surface area contributed by atoms with Crippen LogP contribution in [0.5, 0.6) is 0 Å². The van der Waals surface area contributed by atoms with Crippen molar-refractivity contribution in [2.45, 2.75) is 0 Å². The number of aromatic amines is 1. The van der Waals surface area contributed by atoms with E-state index in [1.807, 2.05) is 6.07 Å². The maximum Gasteiger partial charge on any atom is 0.264 e. The maximum absolute atomic E-state index is 10.8. The van der Waals surface area contributed by atoms with Gasteiger partial charge in [-0.1, -0.05) is 0 Å². The molecule has 0 aliphatic heterocycles. The Labute approximate surface area is 88.1 Å². The van der Waals surface area contributed by atoms with Crippen molar-refractivity contribution in [2.24, 2.45) is 0 Å². The minimum atomic E-state index is -0.209. The Balaban J connectivity index is 2.55. The summed E-state index contributed by atoms with van der Waals surface area (Å²) in [4.78, 5) is 14.7. The van der Waals surface area contributed by atoms with Gasteiger partial charge in [0.05, 0.1) is 5.69 Å². The Bertz CT molecular complexity index is 489. The normalized spacial score (nSPS) is 10.1. The fourth-order valence-corrected chi connectivity index (χ4v) is 1.53. The van der Waals surface area contributed by atoms with Crippen molar-refractivity contribution >= 4 is 15.9 Å². The minimum Gasteiger partial charge on any atom is -0.268 e. The quantitative estimate of drug-likeness (QED) is 0.838. The Morgan fingerprint density at radius 1 is 1.29 bits per heavy atom. The van der Waals surface area contributed by atoms with Crippen LogP contribution >= 0.6 is 15.9 Å². The van der Waals surface area contributed by atoms with Crippen LogP contribution in [0.2, 0.25) is 0 Å². The SMILES string of the molecule is O=c1ccc(-c2ccncc2Br)n[nH]1. The van der Waals surface area contributed by atoms with E-state index < -0.39 is 0 Å². The van der Waals surface area contributed by atoms with Gasteiger partial charge in [0.15, 0.2) is 0 Å². The first-order chi connectivity index (χ1) is 6.77. The van der Waals surface area contributed by atoms with Crippen LogP contribution in [-0.4, -0.2) is 15.2 Å². The molecule has 0 bridgehead atoms. The third kappa shape index (κ3) is 1.72. The molecule has 0 amide bonds. The molecule has 2 aromatic rings. The summed E-state index contributed by atoms with van der Waals surface area (Å²) in [5, 5.41) is 6.29. The largest absolute Gasteiger partial charge is 0.268 e. The number of nitrogens with zero attached hydrogens (tertiary/aromatic N) is 2. The molecule has 2 aromatic heterocycles. The first-order valence-corrected chi connectivity index (χ1v) is 4.72. The Hall–Kier alpha value is -1.49. The van der Waals surface area contributed by atoms with E-state index in [0.717, 1.165) is 10.0 Å². The molecule has 0 aromatic carbocycles. The highest BCUT2D eigenvalue weighted by atomic mass is 79.9. The third-order valence-electron chi connectivity index (χ3n) is 1.73. The summed E-state index contributed by atoms with van der Waals surface area (Å²) < 4.78 is 0.847. The van der Waals surface area contributed by atoms with E-state index in [2.05, 4.69) is 31.1 Å². The van der Waals surface area contributed by atoms with Gasteiger partial charge in [-0.2, -0.15) is 5.10 Å². The van der Waals surface area contributed by atoms with Crippen molar-refractivity contribution in [1.29, 1.82) is 0 Å². The van der Waals surface area contributed by atoms with Crippen LogP contribution in [0, 0.1) is 0 Å². The number of halogens is 1. The molecule has 0 fully saturated rings. The van der Waals surface area contributed by atoms with Crippen molar-refractivity contribution in [2.75, 3.05) is 0 Å². The first-order valence-electron chi connectivity index (χ1n) is 3.93. The molecule has 0 unspecified atom stereocenters. The lowest BCUT2D eigenvalue weighted by Crippen LogP contribution is -2.05. The minimum absolute atomic E-state index is 0.209. The van der Waals surface area contributed by atoms with Crippen molar-refractivity contribution in [3.05, 3.63) is 45.4 Å². The maximum atomic E-state index is 10.8. The number of hydrogen-bond acceptors (Lipinski definition) is 3. The van der Waals surface area contributed by atoms with E-state index in [9.17, 15) is 4.79 Å². The highest BCUT2D eigenvalue weighted by Crippen LogP contribution is 2.23. The van der Waals surface area contributed by atoms with E-state index in [0.29, 0.717) is 5.69 Å². The standard InChI is InChI=1S/C9H6BrN3O/c10-7-5-11-4-3-6(7)8-1-2-9(14)13-12-8/h1-5H,(H,13,14). The van der Waals surface area contributed by atoms with E-state index in [4.69, 9.17) is 0 Å². The zero-order chi connectivity index (χ0) is 9.97. The lowest BCUT2D eigenvalue weighted by atomic mass is 10.2. The molecule has 2 rings (SSSR count). The molecule has 0 radical (unpaired) electrons.